The maximum Gasteiger partial charge on any atom is 0.200 e. The van der Waals surface area contributed by atoms with E-state index >= 15 is 0 Å². The third kappa shape index (κ3) is 6.10. The van der Waals surface area contributed by atoms with Crippen molar-refractivity contribution in [2.24, 2.45) is 23.7 Å². The first-order valence-corrected chi connectivity index (χ1v) is 19.4. The molecule has 12 heteroatoms. The van der Waals surface area contributed by atoms with Gasteiger partial charge in [0.25, 0.3) is 0 Å². The third-order valence-corrected chi connectivity index (χ3v) is 13.1. The van der Waals surface area contributed by atoms with E-state index in [1.165, 1.54) is 24.3 Å². The summed E-state index contributed by atoms with van der Waals surface area (Å²) in [6.07, 6.45) is 0.249. The minimum atomic E-state index is -1.51. The van der Waals surface area contributed by atoms with Crippen LogP contribution >= 0.6 is 0 Å². The molecule has 0 saturated carbocycles. The van der Waals surface area contributed by atoms with Crippen molar-refractivity contribution in [2.75, 3.05) is 0 Å². The van der Waals surface area contributed by atoms with Gasteiger partial charge in [-0.15, -0.1) is 0 Å². The lowest BCUT2D eigenvalue weighted by atomic mass is 9.61. The van der Waals surface area contributed by atoms with Gasteiger partial charge in [-0.05, 0) is 60.3 Å². The fraction of sp³-hybridized carbons (Fsp3) is 0.467. The number of aromatic hydroxyl groups is 12. The molecule has 0 aromatic heterocycles. The first-order valence-electron chi connectivity index (χ1n) is 19.4. The second kappa shape index (κ2) is 14.5. The SMILES string of the molecule is CCC1(C)c2cc(c(O)c(O)c2O)C(C(C)C)c2cc(c(O)c(O)c2O)C(C(C)C)c2cc(c(O)c(O)c2O)C(C)(C(C)C)c2cc(c(O)c(O)c2O)C1C(C)C. The molecule has 310 valence electrons. The molecule has 12 nitrogen and oxygen atoms in total. The van der Waals surface area contributed by atoms with Gasteiger partial charge >= 0.3 is 0 Å². The molecule has 57 heavy (non-hydrogen) atoms. The fourth-order valence-electron chi connectivity index (χ4n) is 9.66. The summed E-state index contributed by atoms with van der Waals surface area (Å²) in [6.45, 7) is 19.6. The second-order valence-electron chi connectivity index (χ2n) is 17.6. The van der Waals surface area contributed by atoms with Crippen LogP contribution in [-0.4, -0.2) is 61.3 Å². The van der Waals surface area contributed by atoms with E-state index in [0.29, 0.717) is 0 Å². The van der Waals surface area contributed by atoms with E-state index in [4.69, 9.17) is 0 Å². The highest BCUT2D eigenvalue weighted by atomic mass is 16.3. The molecule has 1 aliphatic carbocycles. The van der Waals surface area contributed by atoms with E-state index in [0.717, 1.165) is 0 Å². The van der Waals surface area contributed by atoms with Crippen LogP contribution in [0.25, 0.3) is 0 Å². The maximum absolute atomic E-state index is 11.8. The van der Waals surface area contributed by atoms with Crippen molar-refractivity contribution in [1.82, 2.24) is 0 Å². The molecule has 5 unspecified atom stereocenters. The minimum absolute atomic E-state index is 0.00347. The molecule has 0 spiro atoms. The van der Waals surface area contributed by atoms with E-state index in [-0.39, 0.29) is 56.8 Å². The molecule has 12 N–H and O–H groups in total. The van der Waals surface area contributed by atoms with Gasteiger partial charge in [-0.2, -0.15) is 0 Å². The summed E-state index contributed by atoms with van der Waals surface area (Å²) >= 11 is 0. The quantitative estimate of drug-likeness (QED) is 0.0847. The highest BCUT2D eigenvalue weighted by molar-refractivity contribution is 5.71. The van der Waals surface area contributed by atoms with E-state index in [9.17, 15) is 61.3 Å². The van der Waals surface area contributed by atoms with Crippen molar-refractivity contribution in [3.05, 3.63) is 68.8 Å². The van der Waals surface area contributed by atoms with Crippen LogP contribution in [0.3, 0.4) is 0 Å². The zero-order chi connectivity index (χ0) is 43.1. The van der Waals surface area contributed by atoms with Crippen molar-refractivity contribution in [2.45, 2.75) is 111 Å². The molecule has 0 aliphatic heterocycles. The van der Waals surface area contributed by atoms with Gasteiger partial charge in [0, 0.05) is 67.2 Å². The molecule has 4 aromatic carbocycles. The summed E-state index contributed by atoms with van der Waals surface area (Å²) in [4.78, 5) is 0. The second-order valence-corrected chi connectivity index (χ2v) is 17.6. The molecule has 1 aliphatic rings. The number of rotatable bonds is 5. The number of hydrogen-bond donors (Lipinski definition) is 12. The highest BCUT2D eigenvalue weighted by Gasteiger charge is 2.47. The molecule has 0 radical (unpaired) electrons. The normalized spacial score (nSPS) is 22.4. The lowest BCUT2D eigenvalue weighted by Gasteiger charge is -2.43. The summed E-state index contributed by atoms with van der Waals surface area (Å²) in [6, 6.07) is 5.88. The fourth-order valence-corrected chi connectivity index (χ4v) is 9.66. The molecule has 0 amide bonds. The zero-order valence-electron chi connectivity index (χ0n) is 34.4. The number of phenolic OH excluding ortho intramolecular Hbond substituents is 12. The Morgan fingerprint density at radius 1 is 0.404 bits per heavy atom. The van der Waals surface area contributed by atoms with Gasteiger partial charge in [-0.1, -0.05) is 76.2 Å². The Morgan fingerprint density at radius 2 is 0.702 bits per heavy atom. The van der Waals surface area contributed by atoms with Gasteiger partial charge in [-0.3, -0.25) is 0 Å². The zero-order valence-corrected chi connectivity index (χ0v) is 34.4. The average Bonchev–Trinajstić information content (AvgIpc) is 3.14. The van der Waals surface area contributed by atoms with Gasteiger partial charge in [0.15, 0.2) is 46.0 Å². The third-order valence-electron chi connectivity index (χ3n) is 13.1. The number of benzene rings is 4. The maximum atomic E-state index is 11.8. The summed E-state index contributed by atoms with van der Waals surface area (Å²) in [5, 5.41) is 139. The van der Waals surface area contributed by atoms with Gasteiger partial charge in [0.05, 0.1) is 0 Å². The molecule has 5 rings (SSSR count). The van der Waals surface area contributed by atoms with Crippen molar-refractivity contribution in [3.8, 4) is 69.0 Å². The first kappa shape index (κ1) is 42.6. The smallest absolute Gasteiger partial charge is 0.200 e. The van der Waals surface area contributed by atoms with Gasteiger partial charge in [0.1, 0.15) is 0 Å². The van der Waals surface area contributed by atoms with Crippen LogP contribution < -0.4 is 0 Å². The Kier molecular flexibility index (Phi) is 10.8. The van der Waals surface area contributed by atoms with Gasteiger partial charge in [-0.25, -0.2) is 0 Å². The standard InChI is InChI=1S/C45H58O12/c1-12-44(10)26-14-23(34(48)41(55)37(26)51)29(17(2)3)21-13-22(33(47)40(54)32(21)46)30(18(4)5)24-15-27(38(52)42(56)35(24)49)45(11,20(8)9)28-16-25(31(44)19(6)7)36(50)43(57)39(28)53/h13-20,29-31,46-57H,12H2,1-11H3. The lowest BCUT2D eigenvalue weighted by molar-refractivity contribution is 0.267. The number of hydrogen-bond acceptors (Lipinski definition) is 12. The Bertz CT molecular complexity index is 2240. The Labute approximate surface area is 333 Å². The van der Waals surface area contributed by atoms with Crippen molar-refractivity contribution >= 4 is 0 Å². The van der Waals surface area contributed by atoms with Gasteiger partial charge in [0.2, 0.25) is 23.0 Å². The molecule has 0 heterocycles. The summed E-state index contributed by atoms with van der Waals surface area (Å²) < 4.78 is 0. The predicted octanol–water partition coefficient (Wildman–Crippen LogP) is 9.11. The monoisotopic (exact) mass is 790 g/mol. The number of fused-ring (bicyclic) bond motifs is 8. The Balaban J connectivity index is 2.17. The van der Waals surface area contributed by atoms with E-state index in [1.807, 2.05) is 20.8 Å². The average molecular weight is 791 g/mol. The minimum Gasteiger partial charge on any atom is -0.504 e. The summed E-state index contributed by atoms with van der Waals surface area (Å²) in [5.74, 6) is -14.0. The Morgan fingerprint density at radius 3 is 1.04 bits per heavy atom. The molecular formula is C45H58O12. The molecule has 4 aromatic rings. The first-order chi connectivity index (χ1) is 26.3. The topological polar surface area (TPSA) is 243 Å². The van der Waals surface area contributed by atoms with Crippen LogP contribution in [0.2, 0.25) is 0 Å². The molecule has 8 bridgehead atoms. The van der Waals surface area contributed by atoms with Crippen LogP contribution in [0, 0.1) is 23.7 Å². The van der Waals surface area contributed by atoms with Crippen LogP contribution in [0.15, 0.2) is 24.3 Å². The van der Waals surface area contributed by atoms with E-state index < -0.39 is 115 Å². The van der Waals surface area contributed by atoms with Crippen molar-refractivity contribution in [1.29, 1.82) is 0 Å². The molecule has 0 fully saturated rings. The van der Waals surface area contributed by atoms with Crippen LogP contribution in [0.4, 0.5) is 0 Å². The van der Waals surface area contributed by atoms with Gasteiger partial charge < -0.3 is 61.3 Å². The van der Waals surface area contributed by atoms with Crippen LogP contribution in [0.1, 0.15) is 145 Å². The summed E-state index contributed by atoms with van der Waals surface area (Å²) in [7, 11) is 0. The number of phenols is 12. The largest absolute Gasteiger partial charge is 0.504 e. The van der Waals surface area contributed by atoms with Crippen LogP contribution in [0.5, 0.6) is 69.0 Å². The molecule has 0 saturated heterocycles. The van der Waals surface area contributed by atoms with Crippen molar-refractivity contribution < 1.29 is 61.3 Å². The lowest BCUT2D eigenvalue weighted by Crippen LogP contribution is -2.35. The van der Waals surface area contributed by atoms with E-state index in [1.54, 1.807) is 55.4 Å². The van der Waals surface area contributed by atoms with Crippen LogP contribution in [-0.2, 0) is 10.8 Å². The predicted molar refractivity (Wildman–Crippen MR) is 216 cm³/mol. The highest BCUT2D eigenvalue weighted by Crippen LogP contribution is 2.62. The Hall–Kier alpha value is -5.52. The molecular weight excluding hydrogens is 732 g/mol. The molecule has 5 atom stereocenters. The van der Waals surface area contributed by atoms with Crippen molar-refractivity contribution in [3.63, 3.8) is 0 Å². The van der Waals surface area contributed by atoms with E-state index in [2.05, 4.69) is 0 Å². The summed E-state index contributed by atoms with van der Waals surface area (Å²) in [5.41, 5.74) is -2.34.